The maximum absolute atomic E-state index is 12.5. The molecule has 0 radical (unpaired) electrons. The van der Waals surface area contributed by atoms with E-state index < -0.39 is 0 Å². The number of hydrogen-bond acceptors (Lipinski definition) is 3. The van der Waals surface area contributed by atoms with E-state index >= 15 is 0 Å². The molecule has 0 bridgehead atoms. The Labute approximate surface area is 183 Å². The molecule has 0 unspecified atom stereocenters. The van der Waals surface area contributed by atoms with Gasteiger partial charge in [-0.05, 0) is 41.5 Å². The summed E-state index contributed by atoms with van der Waals surface area (Å²) in [6.45, 7) is 0.0719. The van der Waals surface area contributed by atoms with E-state index in [1.54, 1.807) is 30.5 Å². The van der Waals surface area contributed by atoms with Crippen LogP contribution in [-0.4, -0.2) is 15.7 Å². The molecule has 0 saturated heterocycles. The Morgan fingerprint density at radius 2 is 1.53 bits per heavy atom. The Balaban J connectivity index is 1.38. The van der Waals surface area contributed by atoms with E-state index in [4.69, 9.17) is 27.9 Å². The van der Waals surface area contributed by atoms with Crippen molar-refractivity contribution in [2.24, 2.45) is 0 Å². The van der Waals surface area contributed by atoms with E-state index in [-0.39, 0.29) is 18.3 Å². The van der Waals surface area contributed by atoms with Crippen LogP contribution < -0.4 is 10.1 Å². The number of carbonyl (C=O) groups is 1. The number of anilines is 1. The van der Waals surface area contributed by atoms with Gasteiger partial charge in [-0.2, -0.15) is 5.10 Å². The minimum Gasteiger partial charge on any atom is -0.468 e. The van der Waals surface area contributed by atoms with Crippen LogP contribution in [-0.2, 0) is 6.73 Å². The minimum absolute atomic E-state index is 0.0719. The molecule has 1 amide bonds. The standard InChI is InChI=1S/C23H17Cl2N3O2/c24-19-7-4-8-20(25)22(19)30-15-28-14-13-21(27-28)23(29)26-18-11-9-17(10-12-18)16-5-2-1-3-6-16/h1-14H,15H2,(H,26,29). The number of para-hydroxylation sites is 1. The van der Waals surface area contributed by atoms with Gasteiger partial charge in [0, 0.05) is 11.9 Å². The fourth-order valence-corrected chi connectivity index (χ4v) is 3.38. The summed E-state index contributed by atoms with van der Waals surface area (Å²) in [5.41, 5.74) is 3.16. The third-order valence-electron chi connectivity index (χ3n) is 4.38. The first-order valence-corrected chi connectivity index (χ1v) is 9.93. The largest absolute Gasteiger partial charge is 0.468 e. The van der Waals surface area contributed by atoms with Crippen LogP contribution in [0.1, 0.15) is 10.5 Å². The summed E-state index contributed by atoms with van der Waals surface area (Å²) >= 11 is 12.2. The van der Waals surface area contributed by atoms with Gasteiger partial charge in [0.2, 0.25) is 0 Å². The van der Waals surface area contributed by atoms with Gasteiger partial charge in [0.1, 0.15) is 0 Å². The van der Waals surface area contributed by atoms with Crippen LogP contribution in [0.2, 0.25) is 10.0 Å². The quantitative estimate of drug-likeness (QED) is 0.393. The molecular formula is C23H17Cl2N3O2. The van der Waals surface area contributed by atoms with Gasteiger partial charge in [-0.25, -0.2) is 4.68 Å². The van der Waals surface area contributed by atoms with Crippen LogP contribution in [0.5, 0.6) is 5.75 Å². The van der Waals surface area contributed by atoms with Gasteiger partial charge >= 0.3 is 0 Å². The summed E-state index contributed by atoms with van der Waals surface area (Å²) in [4.78, 5) is 12.5. The van der Waals surface area contributed by atoms with Crippen molar-refractivity contribution in [3.05, 3.63) is 101 Å². The third-order valence-corrected chi connectivity index (χ3v) is 4.98. The minimum atomic E-state index is -0.308. The Morgan fingerprint density at radius 3 is 2.23 bits per heavy atom. The molecule has 5 nitrogen and oxygen atoms in total. The van der Waals surface area contributed by atoms with Crippen LogP contribution in [0.25, 0.3) is 11.1 Å². The molecule has 0 atom stereocenters. The van der Waals surface area contributed by atoms with Gasteiger partial charge in [-0.1, -0.05) is 71.7 Å². The highest BCUT2D eigenvalue weighted by Gasteiger charge is 2.12. The second-order valence-corrected chi connectivity index (χ2v) is 7.28. The van der Waals surface area contributed by atoms with Crippen molar-refractivity contribution in [2.45, 2.75) is 6.73 Å². The third kappa shape index (κ3) is 4.64. The van der Waals surface area contributed by atoms with Gasteiger partial charge in [0.25, 0.3) is 5.91 Å². The number of halogens is 2. The Morgan fingerprint density at radius 1 is 0.867 bits per heavy atom. The molecule has 30 heavy (non-hydrogen) atoms. The second kappa shape index (κ2) is 9.03. The van der Waals surface area contributed by atoms with Gasteiger partial charge in [-0.3, -0.25) is 4.79 Å². The van der Waals surface area contributed by atoms with Crippen LogP contribution in [0.3, 0.4) is 0 Å². The number of ether oxygens (including phenoxy) is 1. The first kappa shape index (κ1) is 20.0. The molecule has 0 aliphatic carbocycles. The van der Waals surface area contributed by atoms with E-state index in [1.165, 1.54) is 4.68 Å². The zero-order valence-electron chi connectivity index (χ0n) is 15.8. The molecule has 1 aromatic heterocycles. The Kier molecular flexibility index (Phi) is 6.02. The predicted octanol–water partition coefficient (Wildman–Crippen LogP) is 6.15. The number of aromatic nitrogens is 2. The van der Waals surface area contributed by atoms with Gasteiger partial charge in [-0.15, -0.1) is 0 Å². The lowest BCUT2D eigenvalue weighted by Gasteiger charge is -2.09. The number of amides is 1. The SMILES string of the molecule is O=C(Nc1ccc(-c2ccccc2)cc1)c1ccn(COc2c(Cl)cccc2Cl)n1. The molecule has 3 aromatic carbocycles. The summed E-state index contributed by atoms with van der Waals surface area (Å²) in [5.74, 6) is 0.0674. The normalized spacial score (nSPS) is 10.6. The summed E-state index contributed by atoms with van der Waals surface area (Å²) in [6.07, 6.45) is 1.65. The average Bonchev–Trinajstić information content (AvgIpc) is 3.24. The van der Waals surface area contributed by atoms with Crippen molar-refractivity contribution in [2.75, 3.05) is 5.32 Å². The number of carbonyl (C=O) groups excluding carboxylic acids is 1. The van der Waals surface area contributed by atoms with Crippen LogP contribution >= 0.6 is 23.2 Å². The van der Waals surface area contributed by atoms with E-state index in [0.717, 1.165) is 11.1 Å². The maximum atomic E-state index is 12.5. The van der Waals surface area contributed by atoms with Gasteiger partial charge in [0.15, 0.2) is 18.2 Å². The Bertz CT molecular complexity index is 1140. The summed E-state index contributed by atoms with van der Waals surface area (Å²) < 4.78 is 7.12. The van der Waals surface area contributed by atoms with E-state index in [1.807, 2.05) is 54.6 Å². The van der Waals surface area contributed by atoms with Crippen molar-refractivity contribution in [3.63, 3.8) is 0 Å². The van der Waals surface area contributed by atoms with Crippen molar-refractivity contribution < 1.29 is 9.53 Å². The molecule has 4 aromatic rings. The molecule has 150 valence electrons. The van der Waals surface area contributed by atoms with E-state index in [2.05, 4.69) is 10.4 Å². The highest BCUT2D eigenvalue weighted by molar-refractivity contribution is 6.37. The fourth-order valence-electron chi connectivity index (χ4n) is 2.88. The molecule has 0 saturated carbocycles. The van der Waals surface area contributed by atoms with Crippen molar-refractivity contribution in [3.8, 4) is 16.9 Å². The smallest absolute Gasteiger partial charge is 0.276 e. The predicted molar refractivity (Wildman–Crippen MR) is 119 cm³/mol. The van der Waals surface area contributed by atoms with Crippen LogP contribution in [0, 0.1) is 0 Å². The number of nitrogens with zero attached hydrogens (tertiary/aromatic N) is 2. The first-order valence-electron chi connectivity index (χ1n) is 9.17. The topological polar surface area (TPSA) is 56.2 Å². The lowest BCUT2D eigenvalue weighted by atomic mass is 10.1. The molecule has 0 aliphatic rings. The van der Waals surface area contributed by atoms with Crippen LogP contribution in [0.4, 0.5) is 5.69 Å². The van der Waals surface area contributed by atoms with Crippen LogP contribution in [0.15, 0.2) is 85.1 Å². The monoisotopic (exact) mass is 437 g/mol. The Hall–Kier alpha value is -3.28. The molecule has 1 N–H and O–H groups in total. The summed E-state index contributed by atoms with van der Waals surface area (Å²) in [6, 6.07) is 24.4. The van der Waals surface area contributed by atoms with Gasteiger partial charge in [0.05, 0.1) is 10.0 Å². The highest BCUT2D eigenvalue weighted by atomic mass is 35.5. The molecule has 0 spiro atoms. The molecular weight excluding hydrogens is 421 g/mol. The fraction of sp³-hybridized carbons (Fsp3) is 0.0435. The number of rotatable bonds is 6. The number of benzene rings is 3. The number of hydrogen-bond donors (Lipinski definition) is 1. The number of nitrogens with one attached hydrogen (secondary N) is 1. The molecule has 1 heterocycles. The summed E-state index contributed by atoms with van der Waals surface area (Å²) in [5, 5.41) is 7.90. The lowest BCUT2D eigenvalue weighted by Crippen LogP contribution is -2.14. The zero-order chi connectivity index (χ0) is 20.9. The second-order valence-electron chi connectivity index (χ2n) is 6.46. The van der Waals surface area contributed by atoms with Crippen molar-refractivity contribution >= 4 is 34.8 Å². The zero-order valence-corrected chi connectivity index (χ0v) is 17.3. The van der Waals surface area contributed by atoms with Crippen molar-refractivity contribution in [1.82, 2.24) is 9.78 Å². The molecule has 0 fully saturated rings. The van der Waals surface area contributed by atoms with Gasteiger partial charge < -0.3 is 10.1 Å². The maximum Gasteiger partial charge on any atom is 0.276 e. The molecule has 7 heteroatoms. The first-order chi connectivity index (χ1) is 14.6. The highest BCUT2D eigenvalue weighted by Crippen LogP contribution is 2.32. The van der Waals surface area contributed by atoms with E-state index in [9.17, 15) is 4.79 Å². The average molecular weight is 438 g/mol. The summed E-state index contributed by atoms with van der Waals surface area (Å²) in [7, 11) is 0. The van der Waals surface area contributed by atoms with Crippen molar-refractivity contribution in [1.29, 1.82) is 0 Å². The van der Waals surface area contributed by atoms with E-state index in [0.29, 0.717) is 21.5 Å². The molecule has 4 rings (SSSR count). The lowest BCUT2D eigenvalue weighted by molar-refractivity contribution is 0.102. The molecule has 0 aliphatic heterocycles.